The molecule has 1 aliphatic rings. The summed E-state index contributed by atoms with van der Waals surface area (Å²) in [6, 6.07) is 19.8. The van der Waals surface area contributed by atoms with Crippen LogP contribution in [0.5, 0.6) is 0 Å². The van der Waals surface area contributed by atoms with E-state index in [1.165, 1.54) is 21.6 Å². The van der Waals surface area contributed by atoms with Crippen molar-refractivity contribution >= 4 is 42.6 Å². The minimum absolute atomic E-state index is 0.150. The minimum Gasteiger partial charge on any atom is -0.465 e. The van der Waals surface area contributed by atoms with Gasteiger partial charge in [0.2, 0.25) is 0 Å². The summed E-state index contributed by atoms with van der Waals surface area (Å²) in [6.45, 7) is 10.8. The van der Waals surface area contributed by atoms with Crippen LogP contribution in [0.25, 0.3) is 27.8 Å². The molecule has 5 rings (SSSR count). The molecule has 0 N–H and O–H groups in total. The average molecular weight is 725 g/mol. The zero-order chi connectivity index (χ0) is 39.3. The summed E-state index contributed by atoms with van der Waals surface area (Å²) in [4.78, 5) is 56.2. The number of benzene rings is 3. The number of aromatic nitrogens is 1. The molecule has 0 amide bonds. The number of carbonyl (C=O) groups is 4. The van der Waals surface area contributed by atoms with Crippen LogP contribution in [0.4, 0.5) is 0 Å². The van der Waals surface area contributed by atoms with Crippen LogP contribution in [-0.4, -0.2) is 68.9 Å². The summed E-state index contributed by atoms with van der Waals surface area (Å²) in [5, 5.41) is 10.0. The second kappa shape index (κ2) is 16.5. The molecule has 273 valence electrons. The van der Waals surface area contributed by atoms with Gasteiger partial charge in [-0.25, -0.2) is 24.4 Å². The monoisotopic (exact) mass is 724 g/mol. The summed E-state index contributed by atoms with van der Waals surface area (Å²) >= 11 is 0. The number of carbonyl (C=O) groups excluding carboxylic acids is 4. The summed E-state index contributed by atoms with van der Waals surface area (Å²) in [5.41, 5.74) is 8.58. The quantitative estimate of drug-likeness (QED) is 0.0887. The first kappa shape index (κ1) is 38.7. The minimum atomic E-state index is -0.542. The van der Waals surface area contributed by atoms with Gasteiger partial charge in [-0.3, -0.25) is 4.99 Å². The third-order valence-electron chi connectivity index (χ3n) is 9.19. The van der Waals surface area contributed by atoms with Gasteiger partial charge in [-0.1, -0.05) is 24.3 Å². The fraction of sp³-hybridized carbons (Fsp3) is 0.238. The second-order valence-electron chi connectivity index (χ2n) is 12.4. The van der Waals surface area contributed by atoms with Gasteiger partial charge in [0.15, 0.2) is 0 Å². The van der Waals surface area contributed by atoms with Gasteiger partial charge in [-0.2, -0.15) is 0 Å². The molecule has 0 saturated carbocycles. The lowest BCUT2D eigenvalue weighted by Crippen LogP contribution is -2.13. The molecule has 11 nitrogen and oxygen atoms in total. The fourth-order valence-corrected chi connectivity index (χ4v) is 6.66. The number of methoxy groups -OCH3 is 2. The number of esters is 4. The van der Waals surface area contributed by atoms with Crippen molar-refractivity contribution in [3.8, 4) is 28.2 Å². The maximum atomic E-state index is 13.4. The van der Waals surface area contributed by atoms with Gasteiger partial charge >= 0.3 is 31.3 Å². The predicted octanol–water partition coefficient (Wildman–Crippen LogP) is 7.25. The van der Waals surface area contributed by atoms with Crippen molar-refractivity contribution in [3.05, 3.63) is 123 Å². The molecule has 0 aliphatic carbocycles. The number of aliphatic imine (C=N–C) groups is 1. The molecule has 0 atom stereocenters. The van der Waals surface area contributed by atoms with Crippen LogP contribution in [-0.2, 0) is 23.7 Å². The van der Waals surface area contributed by atoms with E-state index in [4.69, 9.17) is 23.9 Å². The number of rotatable bonds is 11. The number of nitriles is 1. The molecule has 0 spiro atoms. The Bertz CT molecular complexity index is 2230. The standard InChI is InChI=1S/C42H39BN3O8/c1-9-53-41(49)34-23(3)37(45-25(34)5)36(38-24(4)35(42(50)54-10-2)26(6)46(38)43-22-44)33-20-31(27-11-15-29(16-12-27)39(47)51-7)19-32(21-33)28-13-17-30(18-14-28)40(48)52-8/h11-21H,9-10H2,1-8H3/b37-36-. The molecular weight excluding hydrogens is 685 g/mol. The van der Waals surface area contributed by atoms with Crippen molar-refractivity contribution in [1.29, 1.82) is 5.26 Å². The largest absolute Gasteiger partial charge is 0.465 e. The SMILES string of the molecule is CCOC(=O)C1=C(C)/C(=C(\c2cc(-c3ccc(C(=O)OC)cc3)cc(-c3ccc(C(=O)OC)cc3)c2)c2c(C)c(C(=O)OCC)c(C)n2[B]C#N)N=C1C. The van der Waals surface area contributed by atoms with Gasteiger partial charge in [-0.15, -0.1) is 0 Å². The van der Waals surface area contributed by atoms with Gasteiger partial charge in [0, 0.05) is 22.9 Å². The molecule has 0 fully saturated rings. The van der Waals surface area contributed by atoms with Gasteiger partial charge in [0.1, 0.15) is 0 Å². The van der Waals surface area contributed by atoms with E-state index in [0.29, 0.717) is 67.3 Å². The Kier molecular flexibility index (Phi) is 11.8. The zero-order valence-corrected chi connectivity index (χ0v) is 31.5. The average Bonchev–Trinajstić information content (AvgIpc) is 3.60. The zero-order valence-electron chi connectivity index (χ0n) is 31.5. The normalized spacial score (nSPS) is 13.1. The van der Waals surface area contributed by atoms with Gasteiger partial charge in [0.25, 0.3) is 0 Å². The van der Waals surface area contributed by atoms with Gasteiger partial charge < -0.3 is 23.4 Å². The van der Waals surface area contributed by atoms with Crippen molar-refractivity contribution in [1.82, 2.24) is 4.48 Å². The smallest absolute Gasteiger partial charge is 0.391 e. The Morgan fingerprint density at radius 1 is 0.704 bits per heavy atom. The van der Waals surface area contributed by atoms with Crippen LogP contribution in [0.2, 0.25) is 0 Å². The van der Waals surface area contributed by atoms with Crippen molar-refractivity contribution in [3.63, 3.8) is 0 Å². The van der Waals surface area contributed by atoms with Crippen molar-refractivity contribution in [2.75, 3.05) is 27.4 Å². The van der Waals surface area contributed by atoms with Crippen LogP contribution in [0.15, 0.2) is 88.6 Å². The molecule has 2 heterocycles. The molecule has 0 saturated heterocycles. The predicted molar refractivity (Wildman–Crippen MR) is 205 cm³/mol. The number of allylic oxidation sites excluding steroid dienone is 1. The lowest BCUT2D eigenvalue weighted by Gasteiger charge is -2.19. The number of ether oxygens (including phenoxy) is 4. The van der Waals surface area contributed by atoms with E-state index in [2.05, 4.69) is 5.97 Å². The molecule has 0 bridgehead atoms. The lowest BCUT2D eigenvalue weighted by atomic mass is 9.87. The molecule has 1 radical (unpaired) electrons. The first-order chi connectivity index (χ1) is 25.9. The van der Waals surface area contributed by atoms with Crippen molar-refractivity contribution < 1.29 is 38.1 Å². The summed E-state index contributed by atoms with van der Waals surface area (Å²) in [7, 11) is 3.96. The Morgan fingerprint density at radius 3 is 1.67 bits per heavy atom. The van der Waals surface area contributed by atoms with Crippen LogP contribution in [0.1, 0.15) is 81.3 Å². The maximum Gasteiger partial charge on any atom is 0.391 e. The number of nitrogens with zero attached hydrogens (tertiary/aromatic N) is 3. The first-order valence-corrected chi connectivity index (χ1v) is 17.2. The summed E-state index contributed by atoms with van der Waals surface area (Å²) in [6.07, 6.45) is 0. The van der Waals surface area contributed by atoms with Crippen molar-refractivity contribution in [2.24, 2.45) is 4.99 Å². The molecule has 0 unspecified atom stereocenters. The van der Waals surface area contributed by atoms with Crippen LogP contribution >= 0.6 is 0 Å². The number of hydrogen-bond acceptors (Lipinski definition) is 10. The lowest BCUT2D eigenvalue weighted by molar-refractivity contribution is -0.137. The Labute approximate surface area is 314 Å². The highest BCUT2D eigenvalue weighted by Gasteiger charge is 2.33. The Morgan fingerprint density at radius 2 is 1.20 bits per heavy atom. The highest BCUT2D eigenvalue weighted by atomic mass is 16.5. The molecule has 54 heavy (non-hydrogen) atoms. The molecular formula is C42H39BN3O8. The van der Waals surface area contributed by atoms with E-state index in [-0.39, 0.29) is 13.2 Å². The first-order valence-electron chi connectivity index (χ1n) is 17.2. The molecule has 12 heteroatoms. The Balaban J connectivity index is 1.92. The molecule has 3 aromatic carbocycles. The third kappa shape index (κ3) is 7.39. The van der Waals surface area contributed by atoms with Crippen LogP contribution in [0.3, 0.4) is 0 Å². The van der Waals surface area contributed by atoms with Crippen LogP contribution < -0.4 is 0 Å². The highest BCUT2D eigenvalue weighted by molar-refractivity contribution is 6.44. The third-order valence-corrected chi connectivity index (χ3v) is 9.19. The van der Waals surface area contributed by atoms with Crippen LogP contribution in [0, 0.1) is 25.1 Å². The van der Waals surface area contributed by atoms with E-state index in [1.54, 1.807) is 70.3 Å². The molecule has 1 aliphatic heterocycles. The van der Waals surface area contributed by atoms with Crippen molar-refractivity contribution in [2.45, 2.75) is 41.5 Å². The molecule has 1 aromatic heterocycles. The molecule has 4 aromatic rings. The van der Waals surface area contributed by atoms with E-state index >= 15 is 0 Å². The van der Waals surface area contributed by atoms with E-state index in [1.807, 2.05) is 42.5 Å². The van der Waals surface area contributed by atoms with E-state index in [0.717, 1.165) is 22.3 Å². The summed E-state index contributed by atoms with van der Waals surface area (Å²) in [5.74, 6) is 0.113. The van der Waals surface area contributed by atoms with Gasteiger partial charge in [0.05, 0.1) is 61.1 Å². The topological polar surface area (TPSA) is 146 Å². The second-order valence-corrected chi connectivity index (χ2v) is 12.4. The van der Waals surface area contributed by atoms with Gasteiger partial charge in [-0.05, 0) is 123 Å². The van der Waals surface area contributed by atoms with E-state index in [9.17, 15) is 24.4 Å². The highest BCUT2D eigenvalue weighted by Crippen LogP contribution is 2.42. The van der Waals surface area contributed by atoms with E-state index < -0.39 is 23.9 Å². The number of hydrogen-bond donors (Lipinski definition) is 0. The Hall–Kier alpha value is -6.48. The summed E-state index contributed by atoms with van der Waals surface area (Å²) < 4.78 is 22.3. The fourth-order valence-electron chi connectivity index (χ4n) is 6.66. The maximum absolute atomic E-state index is 13.4.